The highest BCUT2D eigenvalue weighted by molar-refractivity contribution is 5.79. The Morgan fingerprint density at radius 2 is 2.11 bits per heavy atom. The van der Waals surface area contributed by atoms with E-state index in [9.17, 15) is 4.79 Å². The fraction of sp³-hybridized carbons (Fsp3) is 0.476. The van der Waals surface area contributed by atoms with Gasteiger partial charge in [0.25, 0.3) is 0 Å². The molecule has 0 saturated carbocycles. The number of carbonyl (C=O) groups excluding carboxylic acids is 1. The largest absolute Gasteiger partial charge is 0.491 e. The highest BCUT2D eigenvalue weighted by atomic mass is 16.5. The summed E-state index contributed by atoms with van der Waals surface area (Å²) in [6.07, 6.45) is 8.01. The maximum absolute atomic E-state index is 12.5. The number of anilines is 1. The molecule has 0 spiro atoms. The Hall–Kier alpha value is -2.63. The summed E-state index contributed by atoms with van der Waals surface area (Å²) in [5, 5.41) is 3.09. The van der Waals surface area contributed by atoms with Crippen molar-refractivity contribution < 1.29 is 9.53 Å². The van der Waals surface area contributed by atoms with Crippen LogP contribution in [0.4, 0.5) is 5.82 Å². The first kappa shape index (κ1) is 19.1. The fourth-order valence-corrected chi connectivity index (χ4v) is 3.33. The zero-order valence-electron chi connectivity index (χ0n) is 16.1. The van der Waals surface area contributed by atoms with Crippen LogP contribution in [0.15, 0.2) is 42.9 Å². The van der Waals surface area contributed by atoms with E-state index in [1.54, 1.807) is 18.6 Å². The van der Waals surface area contributed by atoms with Crippen LogP contribution in [0.5, 0.6) is 5.75 Å². The van der Waals surface area contributed by atoms with Gasteiger partial charge in [-0.25, -0.2) is 4.98 Å². The number of nitrogens with zero attached hydrogens (tertiary/aromatic N) is 3. The molecule has 1 N–H and O–H groups in total. The first-order valence-electron chi connectivity index (χ1n) is 9.66. The Morgan fingerprint density at radius 1 is 1.30 bits per heavy atom. The Kier molecular flexibility index (Phi) is 6.63. The molecule has 6 heteroatoms. The lowest BCUT2D eigenvalue weighted by molar-refractivity contribution is -0.125. The summed E-state index contributed by atoms with van der Waals surface area (Å²) in [5.74, 6) is 1.86. The molecule has 1 aromatic carbocycles. The van der Waals surface area contributed by atoms with Gasteiger partial charge in [0.15, 0.2) is 0 Å². The van der Waals surface area contributed by atoms with Crippen molar-refractivity contribution in [1.82, 2.24) is 15.3 Å². The van der Waals surface area contributed by atoms with E-state index >= 15 is 0 Å². The lowest BCUT2D eigenvalue weighted by atomic mass is 9.97. The molecule has 1 aromatic heterocycles. The molecule has 1 fully saturated rings. The standard InChI is InChI=1S/C21H28N4O2/c1-16(2)27-19-7-5-17(6-8-19)9-10-24-21(26)18-4-3-13-25(15-18)20-14-22-11-12-23-20/h5-8,11-12,14,16,18H,3-4,9-10,13,15H2,1-2H3,(H,24,26). The van der Waals surface area contributed by atoms with Gasteiger partial charge in [-0.05, 0) is 50.8 Å². The molecule has 0 aliphatic carbocycles. The Morgan fingerprint density at radius 3 is 2.81 bits per heavy atom. The van der Waals surface area contributed by atoms with Gasteiger partial charge in [-0.2, -0.15) is 0 Å². The molecule has 0 bridgehead atoms. The number of piperidine rings is 1. The van der Waals surface area contributed by atoms with Crippen molar-refractivity contribution in [3.63, 3.8) is 0 Å². The van der Waals surface area contributed by atoms with Crippen LogP contribution in [-0.4, -0.2) is 41.6 Å². The van der Waals surface area contributed by atoms with E-state index in [4.69, 9.17) is 4.74 Å². The van der Waals surface area contributed by atoms with E-state index in [-0.39, 0.29) is 17.9 Å². The van der Waals surface area contributed by atoms with Crippen LogP contribution in [0, 0.1) is 5.92 Å². The quantitative estimate of drug-likeness (QED) is 0.814. The van der Waals surface area contributed by atoms with Crippen molar-refractivity contribution in [2.24, 2.45) is 5.92 Å². The summed E-state index contributed by atoms with van der Waals surface area (Å²) >= 11 is 0. The molecule has 27 heavy (non-hydrogen) atoms. The second-order valence-corrected chi connectivity index (χ2v) is 7.20. The summed E-state index contributed by atoms with van der Waals surface area (Å²) < 4.78 is 5.65. The molecule has 2 aromatic rings. The highest BCUT2D eigenvalue weighted by Crippen LogP contribution is 2.21. The van der Waals surface area contributed by atoms with Crippen LogP contribution in [0.2, 0.25) is 0 Å². The number of hydrogen-bond donors (Lipinski definition) is 1. The van der Waals surface area contributed by atoms with Crippen LogP contribution in [0.1, 0.15) is 32.3 Å². The van der Waals surface area contributed by atoms with E-state index in [1.807, 2.05) is 26.0 Å². The minimum atomic E-state index is 0.00238. The minimum absolute atomic E-state index is 0.00238. The SMILES string of the molecule is CC(C)Oc1ccc(CCNC(=O)C2CCCN(c3cnccn3)C2)cc1. The topological polar surface area (TPSA) is 67.3 Å². The van der Waals surface area contributed by atoms with Crippen LogP contribution in [-0.2, 0) is 11.2 Å². The Bertz CT molecular complexity index is 719. The number of aromatic nitrogens is 2. The van der Waals surface area contributed by atoms with Gasteiger partial charge in [-0.15, -0.1) is 0 Å². The predicted octanol–water partition coefficient (Wildman–Crippen LogP) is 2.84. The molecule has 1 saturated heterocycles. The fourth-order valence-electron chi connectivity index (χ4n) is 3.33. The van der Waals surface area contributed by atoms with E-state index in [0.29, 0.717) is 13.1 Å². The molecule has 1 aliphatic heterocycles. The normalized spacial score (nSPS) is 17.0. The van der Waals surface area contributed by atoms with Gasteiger partial charge in [-0.3, -0.25) is 9.78 Å². The molecule has 1 aliphatic rings. The maximum atomic E-state index is 12.5. The summed E-state index contributed by atoms with van der Waals surface area (Å²) in [7, 11) is 0. The number of nitrogens with one attached hydrogen (secondary N) is 1. The second-order valence-electron chi connectivity index (χ2n) is 7.20. The molecular formula is C21H28N4O2. The van der Waals surface area contributed by atoms with Crippen molar-refractivity contribution in [3.05, 3.63) is 48.4 Å². The lowest BCUT2D eigenvalue weighted by Crippen LogP contribution is -2.43. The summed E-state index contributed by atoms with van der Waals surface area (Å²) in [5.41, 5.74) is 1.19. The zero-order valence-corrected chi connectivity index (χ0v) is 16.1. The second kappa shape index (κ2) is 9.35. The predicted molar refractivity (Wildman–Crippen MR) is 106 cm³/mol. The molecule has 2 heterocycles. The number of amides is 1. The zero-order chi connectivity index (χ0) is 19.1. The summed E-state index contributed by atoms with van der Waals surface area (Å²) in [4.78, 5) is 23.2. The monoisotopic (exact) mass is 368 g/mol. The average molecular weight is 368 g/mol. The molecule has 1 amide bonds. The number of benzene rings is 1. The molecule has 144 valence electrons. The first-order valence-corrected chi connectivity index (χ1v) is 9.66. The molecule has 1 unspecified atom stereocenters. The minimum Gasteiger partial charge on any atom is -0.491 e. The van der Waals surface area contributed by atoms with E-state index in [1.165, 1.54) is 5.56 Å². The van der Waals surface area contributed by atoms with Crippen LogP contribution < -0.4 is 15.0 Å². The van der Waals surface area contributed by atoms with Crippen molar-refractivity contribution >= 4 is 11.7 Å². The van der Waals surface area contributed by atoms with E-state index < -0.39 is 0 Å². The lowest BCUT2D eigenvalue weighted by Gasteiger charge is -2.32. The van der Waals surface area contributed by atoms with Crippen LogP contribution in [0.25, 0.3) is 0 Å². The van der Waals surface area contributed by atoms with Crippen molar-refractivity contribution in [3.8, 4) is 5.75 Å². The van der Waals surface area contributed by atoms with Gasteiger partial charge < -0.3 is 15.0 Å². The first-order chi connectivity index (χ1) is 13.1. The van der Waals surface area contributed by atoms with Gasteiger partial charge >= 0.3 is 0 Å². The van der Waals surface area contributed by atoms with Gasteiger partial charge in [0.05, 0.1) is 18.2 Å². The van der Waals surface area contributed by atoms with Gasteiger partial charge in [0.1, 0.15) is 11.6 Å². The number of ether oxygens (including phenoxy) is 1. The molecular weight excluding hydrogens is 340 g/mol. The van der Waals surface area contributed by atoms with Gasteiger partial charge in [-0.1, -0.05) is 12.1 Å². The van der Waals surface area contributed by atoms with E-state index in [0.717, 1.165) is 37.4 Å². The van der Waals surface area contributed by atoms with Crippen LogP contribution in [0.3, 0.4) is 0 Å². The number of rotatable bonds is 7. The van der Waals surface area contributed by atoms with Gasteiger partial charge in [0.2, 0.25) is 5.91 Å². The van der Waals surface area contributed by atoms with Crippen LogP contribution >= 0.6 is 0 Å². The Labute approximate surface area is 161 Å². The summed E-state index contributed by atoms with van der Waals surface area (Å²) in [6, 6.07) is 8.08. The number of carbonyl (C=O) groups is 1. The van der Waals surface area contributed by atoms with E-state index in [2.05, 4.69) is 32.3 Å². The summed E-state index contributed by atoms with van der Waals surface area (Å²) in [6.45, 7) is 6.30. The third-order valence-electron chi connectivity index (χ3n) is 4.67. The third-order valence-corrected chi connectivity index (χ3v) is 4.67. The van der Waals surface area contributed by atoms with Crippen molar-refractivity contribution in [2.75, 3.05) is 24.5 Å². The molecule has 3 rings (SSSR count). The van der Waals surface area contributed by atoms with Crippen molar-refractivity contribution in [1.29, 1.82) is 0 Å². The number of hydrogen-bond acceptors (Lipinski definition) is 5. The Balaban J connectivity index is 1.45. The smallest absolute Gasteiger partial charge is 0.224 e. The molecule has 0 radical (unpaired) electrons. The highest BCUT2D eigenvalue weighted by Gasteiger charge is 2.26. The molecule has 1 atom stereocenters. The average Bonchev–Trinajstić information content (AvgIpc) is 2.69. The third kappa shape index (κ3) is 5.67. The van der Waals surface area contributed by atoms with Gasteiger partial charge in [0, 0.05) is 32.0 Å². The maximum Gasteiger partial charge on any atom is 0.224 e. The molecule has 6 nitrogen and oxygen atoms in total. The van der Waals surface area contributed by atoms with Crippen molar-refractivity contribution in [2.45, 2.75) is 39.2 Å².